The number of nitrogens with zero attached hydrogens (tertiary/aromatic N) is 1. The largest absolute Gasteiger partial charge is 0.494 e. The van der Waals surface area contributed by atoms with E-state index in [2.05, 4.69) is 0 Å². The van der Waals surface area contributed by atoms with Crippen molar-refractivity contribution < 1.29 is 19.0 Å². The maximum atomic E-state index is 13.1. The number of hydrogen-bond donors (Lipinski definition) is 0. The Bertz CT molecular complexity index is 1230. The number of amides is 1. The molecule has 8 heteroatoms. The SMILES string of the molecule is CCOc1ccc(N2C(=O)/C(=C/c3cc(Cl)c(OCc4ccccc4)c(OC)c3)SC2=S)cc1. The third-order valence-electron chi connectivity index (χ3n) is 4.98. The zero-order chi connectivity index (χ0) is 24.1. The first-order chi connectivity index (χ1) is 16.5. The first-order valence-electron chi connectivity index (χ1n) is 10.5. The Hall–Kier alpha value is -3.00. The second kappa shape index (κ2) is 11.0. The van der Waals surface area contributed by atoms with Gasteiger partial charge in [0.25, 0.3) is 5.91 Å². The number of benzene rings is 3. The number of methoxy groups -OCH3 is 1. The van der Waals surface area contributed by atoms with Crippen LogP contribution in [0.25, 0.3) is 6.08 Å². The van der Waals surface area contributed by atoms with Gasteiger partial charge in [-0.15, -0.1) is 0 Å². The molecule has 1 saturated heterocycles. The molecule has 1 fully saturated rings. The minimum Gasteiger partial charge on any atom is -0.494 e. The van der Waals surface area contributed by atoms with E-state index in [0.717, 1.165) is 11.3 Å². The lowest BCUT2D eigenvalue weighted by atomic mass is 10.1. The molecular weight excluding hydrogens is 490 g/mol. The Balaban J connectivity index is 1.55. The smallest absolute Gasteiger partial charge is 0.270 e. The Labute approximate surface area is 213 Å². The summed E-state index contributed by atoms with van der Waals surface area (Å²) in [4.78, 5) is 15.1. The standard InChI is InChI=1S/C26H22ClNO4S2/c1-3-31-20-11-9-19(10-12-20)28-25(29)23(34-26(28)33)15-18-13-21(27)24(22(14-18)30-2)32-16-17-7-5-4-6-8-17/h4-15H,3,16H2,1-2H3/b23-15-. The van der Waals surface area contributed by atoms with Gasteiger partial charge in [-0.25, -0.2) is 0 Å². The van der Waals surface area contributed by atoms with Gasteiger partial charge in [0.15, 0.2) is 15.8 Å². The van der Waals surface area contributed by atoms with E-state index in [1.807, 2.05) is 61.5 Å². The van der Waals surface area contributed by atoms with E-state index in [1.54, 1.807) is 25.3 Å². The molecule has 1 aliphatic heterocycles. The van der Waals surface area contributed by atoms with Crippen LogP contribution in [0.15, 0.2) is 71.6 Å². The molecule has 1 heterocycles. The van der Waals surface area contributed by atoms with Gasteiger partial charge in [0, 0.05) is 0 Å². The van der Waals surface area contributed by atoms with E-state index >= 15 is 0 Å². The quantitative estimate of drug-likeness (QED) is 0.247. The molecule has 0 radical (unpaired) electrons. The lowest BCUT2D eigenvalue weighted by Crippen LogP contribution is -2.27. The van der Waals surface area contributed by atoms with Gasteiger partial charge >= 0.3 is 0 Å². The fraction of sp³-hybridized carbons (Fsp3) is 0.154. The number of rotatable bonds is 8. The third-order valence-corrected chi connectivity index (χ3v) is 6.56. The number of hydrogen-bond acceptors (Lipinski definition) is 6. The summed E-state index contributed by atoms with van der Waals surface area (Å²) in [5.41, 5.74) is 2.42. The molecule has 0 bridgehead atoms. The Morgan fingerprint density at radius 1 is 1.06 bits per heavy atom. The first kappa shape index (κ1) is 24.1. The van der Waals surface area contributed by atoms with Crippen LogP contribution in [0.4, 0.5) is 5.69 Å². The Kier molecular flexibility index (Phi) is 7.77. The monoisotopic (exact) mass is 511 g/mol. The van der Waals surface area contributed by atoms with Gasteiger partial charge < -0.3 is 14.2 Å². The topological polar surface area (TPSA) is 48.0 Å². The zero-order valence-corrected chi connectivity index (χ0v) is 21.0. The molecule has 4 rings (SSSR count). The normalized spacial score (nSPS) is 14.6. The van der Waals surface area contributed by atoms with Crippen LogP contribution in [-0.4, -0.2) is 23.9 Å². The highest BCUT2D eigenvalue weighted by atomic mass is 35.5. The molecule has 1 aliphatic rings. The maximum Gasteiger partial charge on any atom is 0.270 e. The predicted molar refractivity (Wildman–Crippen MR) is 142 cm³/mol. The number of ether oxygens (including phenoxy) is 3. The second-order valence-corrected chi connectivity index (χ2v) is 9.34. The molecule has 34 heavy (non-hydrogen) atoms. The van der Waals surface area contributed by atoms with E-state index in [9.17, 15) is 4.79 Å². The summed E-state index contributed by atoms with van der Waals surface area (Å²) in [6.45, 7) is 2.85. The lowest BCUT2D eigenvalue weighted by Gasteiger charge is -2.15. The summed E-state index contributed by atoms with van der Waals surface area (Å²) in [6, 6.07) is 20.6. The molecule has 0 atom stereocenters. The number of halogens is 1. The third kappa shape index (κ3) is 5.38. The van der Waals surface area contributed by atoms with Crippen molar-refractivity contribution in [3.05, 3.63) is 87.8 Å². The summed E-state index contributed by atoms with van der Waals surface area (Å²) in [7, 11) is 1.55. The van der Waals surface area contributed by atoms with E-state index in [-0.39, 0.29) is 5.91 Å². The summed E-state index contributed by atoms with van der Waals surface area (Å²) in [5.74, 6) is 1.48. The van der Waals surface area contributed by atoms with Crippen molar-refractivity contribution >= 4 is 57.6 Å². The first-order valence-corrected chi connectivity index (χ1v) is 12.2. The van der Waals surface area contributed by atoms with Gasteiger partial charge in [-0.2, -0.15) is 0 Å². The molecule has 1 amide bonds. The minimum atomic E-state index is -0.196. The number of anilines is 1. The van der Waals surface area contributed by atoms with Crippen molar-refractivity contribution in [2.75, 3.05) is 18.6 Å². The predicted octanol–water partition coefficient (Wildman–Crippen LogP) is 6.73. The van der Waals surface area contributed by atoms with Crippen LogP contribution in [0, 0.1) is 0 Å². The van der Waals surface area contributed by atoms with Gasteiger partial charge in [0.2, 0.25) is 0 Å². The highest BCUT2D eigenvalue weighted by Gasteiger charge is 2.33. The summed E-state index contributed by atoms with van der Waals surface area (Å²) < 4.78 is 17.4. The van der Waals surface area contributed by atoms with E-state index in [0.29, 0.717) is 50.2 Å². The fourth-order valence-electron chi connectivity index (χ4n) is 3.39. The van der Waals surface area contributed by atoms with E-state index < -0.39 is 0 Å². The van der Waals surface area contributed by atoms with Crippen molar-refractivity contribution in [2.24, 2.45) is 0 Å². The second-order valence-electron chi connectivity index (χ2n) is 7.25. The number of thioether (sulfide) groups is 1. The van der Waals surface area contributed by atoms with Crippen molar-refractivity contribution in [1.29, 1.82) is 0 Å². The van der Waals surface area contributed by atoms with Crippen molar-refractivity contribution in [3.8, 4) is 17.2 Å². The summed E-state index contributed by atoms with van der Waals surface area (Å²) >= 11 is 13.2. The van der Waals surface area contributed by atoms with Crippen molar-refractivity contribution in [3.63, 3.8) is 0 Å². The Morgan fingerprint density at radius 2 is 1.79 bits per heavy atom. The van der Waals surface area contributed by atoms with E-state index in [1.165, 1.54) is 16.7 Å². The fourth-order valence-corrected chi connectivity index (χ4v) is 4.97. The Morgan fingerprint density at radius 3 is 2.47 bits per heavy atom. The minimum absolute atomic E-state index is 0.196. The molecule has 0 saturated carbocycles. The number of thiocarbonyl (C=S) groups is 1. The average molecular weight is 512 g/mol. The van der Waals surface area contributed by atoms with Crippen LogP contribution in [0.5, 0.6) is 17.2 Å². The number of carbonyl (C=O) groups excluding carboxylic acids is 1. The van der Waals surface area contributed by atoms with Crippen LogP contribution < -0.4 is 19.1 Å². The van der Waals surface area contributed by atoms with Gasteiger partial charge in [-0.05, 0) is 60.5 Å². The van der Waals surface area contributed by atoms with Crippen LogP contribution in [0.3, 0.4) is 0 Å². The average Bonchev–Trinajstić information content (AvgIpc) is 3.12. The van der Waals surface area contributed by atoms with Crippen molar-refractivity contribution in [1.82, 2.24) is 0 Å². The molecule has 3 aromatic rings. The molecule has 174 valence electrons. The van der Waals surface area contributed by atoms with Crippen LogP contribution in [0.1, 0.15) is 18.1 Å². The highest BCUT2D eigenvalue weighted by molar-refractivity contribution is 8.27. The van der Waals surface area contributed by atoms with Gasteiger partial charge in [0.05, 0.1) is 29.3 Å². The number of carbonyl (C=O) groups is 1. The lowest BCUT2D eigenvalue weighted by molar-refractivity contribution is -0.113. The zero-order valence-electron chi connectivity index (χ0n) is 18.6. The molecule has 0 aromatic heterocycles. The summed E-state index contributed by atoms with van der Waals surface area (Å²) in [6.07, 6.45) is 1.75. The van der Waals surface area contributed by atoms with Crippen LogP contribution in [-0.2, 0) is 11.4 Å². The highest BCUT2D eigenvalue weighted by Crippen LogP contribution is 2.40. The van der Waals surface area contributed by atoms with Crippen LogP contribution in [0.2, 0.25) is 5.02 Å². The molecule has 0 spiro atoms. The van der Waals surface area contributed by atoms with Gasteiger partial charge in [-0.1, -0.05) is 65.9 Å². The molecule has 5 nitrogen and oxygen atoms in total. The van der Waals surface area contributed by atoms with E-state index in [4.69, 9.17) is 38.0 Å². The maximum absolute atomic E-state index is 13.1. The summed E-state index contributed by atoms with van der Waals surface area (Å²) in [5, 5.41) is 0.392. The van der Waals surface area contributed by atoms with Crippen LogP contribution >= 0.6 is 35.6 Å². The molecule has 0 unspecified atom stereocenters. The molecular formula is C26H22ClNO4S2. The molecule has 3 aromatic carbocycles. The van der Waals surface area contributed by atoms with Gasteiger partial charge in [0.1, 0.15) is 12.4 Å². The molecule has 0 aliphatic carbocycles. The van der Waals surface area contributed by atoms with Crippen molar-refractivity contribution in [2.45, 2.75) is 13.5 Å². The van der Waals surface area contributed by atoms with Gasteiger partial charge in [-0.3, -0.25) is 9.69 Å². The molecule has 0 N–H and O–H groups in total.